The Hall–Kier alpha value is -0.830. The molecule has 1 heterocycles. The van der Waals surface area contributed by atoms with E-state index in [4.69, 9.17) is 0 Å². The van der Waals surface area contributed by atoms with Crippen molar-refractivity contribution < 1.29 is 5.11 Å². The van der Waals surface area contributed by atoms with Gasteiger partial charge in [0.1, 0.15) is 0 Å². The smallest absolute Gasteiger partial charge is 0.0853 e. The van der Waals surface area contributed by atoms with Crippen LogP contribution in [-0.2, 0) is 7.05 Å². The molecule has 13 heavy (non-hydrogen) atoms. The van der Waals surface area contributed by atoms with E-state index in [1.165, 1.54) is 0 Å². The lowest BCUT2D eigenvalue weighted by Gasteiger charge is -2.09. The second-order valence-corrected chi connectivity index (χ2v) is 3.99. The van der Waals surface area contributed by atoms with Gasteiger partial charge in [-0.1, -0.05) is 0 Å². The predicted molar refractivity (Wildman–Crippen MR) is 50.4 cm³/mol. The highest BCUT2D eigenvalue weighted by molar-refractivity contribution is 5.28. The van der Waals surface area contributed by atoms with Gasteiger partial charge in [0.15, 0.2) is 0 Å². The van der Waals surface area contributed by atoms with E-state index in [9.17, 15) is 5.11 Å². The van der Waals surface area contributed by atoms with Gasteiger partial charge in [-0.25, -0.2) is 0 Å². The summed E-state index contributed by atoms with van der Waals surface area (Å²) in [6, 6.07) is 0. The fourth-order valence-electron chi connectivity index (χ4n) is 1.87. The van der Waals surface area contributed by atoms with Gasteiger partial charge in [0.2, 0.25) is 0 Å². The highest BCUT2D eigenvalue weighted by Crippen LogP contribution is 2.42. The predicted octanol–water partition coefficient (Wildman–Crippen LogP) is 1.48. The van der Waals surface area contributed by atoms with Crippen LogP contribution in [0.5, 0.6) is 0 Å². The van der Waals surface area contributed by atoms with Gasteiger partial charge in [-0.2, -0.15) is 5.10 Å². The van der Waals surface area contributed by atoms with E-state index in [1.54, 1.807) is 0 Å². The van der Waals surface area contributed by atoms with Crippen LogP contribution in [0.3, 0.4) is 0 Å². The van der Waals surface area contributed by atoms with Crippen molar-refractivity contribution in [2.24, 2.45) is 13.0 Å². The summed E-state index contributed by atoms with van der Waals surface area (Å²) in [6.45, 7) is 3.98. The summed E-state index contributed by atoms with van der Waals surface area (Å²) >= 11 is 0. The van der Waals surface area contributed by atoms with E-state index in [0.29, 0.717) is 5.92 Å². The summed E-state index contributed by atoms with van der Waals surface area (Å²) < 4.78 is 1.84. The van der Waals surface area contributed by atoms with Crippen LogP contribution in [0.25, 0.3) is 0 Å². The van der Waals surface area contributed by atoms with Gasteiger partial charge < -0.3 is 5.11 Å². The van der Waals surface area contributed by atoms with Gasteiger partial charge in [0.25, 0.3) is 0 Å². The van der Waals surface area contributed by atoms with Crippen molar-refractivity contribution in [1.82, 2.24) is 9.78 Å². The van der Waals surface area contributed by atoms with Crippen LogP contribution >= 0.6 is 0 Å². The fourth-order valence-corrected chi connectivity index (χ4v) is 1.87. The number of rotatable bonds is 2. The average Bonchev–Trinajstić information content (AvgIpc) is 2.82. The van der Waals surface area contributed by atoms with Crippen molar-refractivity contribution >= 4 is 0 Å². The number of nitrogens with zero attached hydrogens (tertiary/aromatic N) is 2. The Morgan fingerprint density at radius 1 is 1.46 bits per heavy atom. The van der Waals surface area contributed by atoms with E-state index in [2.05, 4.69) is 5.10 Å². The molecular weight excluding hydrogens is 164 g/mol. The average molecular weight is 180 g/mol. The summed E-state index contributed by atoms with van der Waals surface area (Å²) in [5, 5.41) is 14.3. The first-order valence-electron chi connectivity index (χ1n) is 4.79. The molecule has 0 radical (unpaired) electrons. The van der Waals surface area contributed by atoms with Gasteiger partial charge in [-0.05, 0) is 32.6 Å². The van der Waals surface area contributed by atoms with Crippen molar-refractivity contribution in [2.75, 3.05) is 0 Å². The van der Waals surface area contributed by atoms with Crippen LogP contribution in [-0.4, -0.2) is 14.9 Å². The van der Waals surface area contributed by atoms with Crippen molar-refractivity contribution in [2.45, 2.75) is 32.8 Å². The molecule has 1 N–H and O–H groups in total. The Bertz CT molecular complexity index is 326. The number of hydrogen-bond donors (Lipinski definition) is 1. The van der Waals surface area contributed by atoms with Crippen molar-refractivity contribution in [1.29, 1.82) is 0 Å². The van der Waals surface area contributed by atoms with Gasteiger partial charge in [-0.3, -0.25) is 4.68 Å². The fraction of sp³-hybridized carbons (Fsp3) is 0.700. The molecule has 0 saturated heterocycles. The third-order valence-electron chi connectivity index (χ3n) is 2.93. The first kappa shape index (κ1) is 8.75. The Morgan fingerprint density at radius 3 is 2.46 bits per heavy atom. The molecule has 1 fully saturated rings. The maximum absolute atomic E-state index is 9.98. The monoisotopic (exact) mass is 180 g/mol. The van der Waals surface area contributed by atoms with Crippen LogP contribution in [0.1, 0.15) is 35.9 Å². The third-order valence-corrected chi connectivity index (χ3v) is 2.93. The zero-order chi connectivity index (χ0) is 9.59. The molecule has 0 aliphatic heterocycles. The molecule has 1 unspecified atom stereocenters. The lowest BCUT2D eigenvalue weighted by atomic mass is 10.0. The summed E-state index contributed by atoms with van der Waals surface area (Å²) in [7, 11) is 1.92. The van der Waals surface area contributed by atoms with Crippen LogP contribution in [0.4, 0.5) is 0 Å². The first-order chi connectivity index (χ1) is 6.11. The van der Waals surface area contributed by atoms with E-state index >= 15 is 0 Å². The standard InChI is InChI=1S/C10H16N2O/c1-6-9(7(2)12(3)11-6)10(13)8-4-5-8/h8,10,13H,4-5H2,1-3H3. The molecule has 2 rings (SSSR count). The highest BCUT2D eigenvalue weighted by Gasteiger charge is 2.33. The van der Waals surface area contributed by atoms with Gasteiger partial charge >= 0.3 is 0 Å². The molecule has 1 aromatic heterocycles. The maximum atomic E-state index is 9.98. The molecule has 0 bridgehead atoms. The Balaban J connectivity index is 2.36. The maximum Gasteiger partial charge on any atom is 0.0853 e. The largest absolute Gasteiger partial charge is 0.388 e. The lowest BCUT2D eigenvalue weighted by Crippen LogP contribution is -2.03. The van der Waals surface area contributed by atoms with Crippen LogP contribution in [0.2, 0.25) is 0 Å². The van der Waals surface area contributed by atoms with E-state index in [-0.39, 0.29) is 6.10 Å². The third kappa shape index (κ3) is 1.37. The summed E-state index contributed by atoms with van der Waals surface area (Å²) in [4.78, 5) is 0. The molecule has 72 valence electrons. The second kappa shape index (κ2) is 2.84. The van der Waals surface area contributed by atoms with Crippen molar-refractivity contribution in [3.8, 4) is 0 Å². The molecule has 1 atom stereocenters. The van der Waals surface area contributed by atoms with E-state index in [1.807, 2.05) is 25.6 Å². The van der Waals surface area contributed by atoms with E-state index in [0.717, 1.165) is 29.8 Å². The lowest BCUT2D eigenvalue weighted by molar-refractivity contribution is 0.152. The molecule has 1 aliphatic carbocycles. The number of aliphatic hydroxyl groups is 1. The highest BCUT2D eigenvalue weighted by atomic mass is 16.3. The van der Waals surface area contributed by atoms with Crippen molar-refractivity contribution in [3.63, 3.8) is 0 Å². The Morgan fingerprint density at radius 2 is 2.08 bits per heavy atom. The van der Waals surface area contributed by atoms with Crippen molar-refractivity contribution in [3.05, 3.63) is 17.0 Å². The zero-order valence-corrected chi connectivity index (χ0v) is 8.41. The molecule has 3 heteroatoms. The topological polar surface area (TPSA) is 38.0 Å². The molecule has 1 saturated carbocycles. The SMILES string of the molecule is Cc1nn(C)c(C)c1C(O)C1CC1. The van der Waals surface area contributed by atoms with Crippen LogP contribution < -0.4 is 0 Å². The van der Waals surface area contributed by atoms with Gasteiger partial charge in [0.05, 0.1) is 11.8 Å². The number of hydrogen-bond acceptors (Lipinski definition) is 2. The molecule has 3 nitrogen and oxygen atoms in total. The molecule has 1 aliphatic rings. The van der Waals surface area contributed by atoms with Gasteiger partial charge in [-0.15, -0.1) is 0 Å². The van der Waals surface area contributed by atoms with E-state index < -0.39 is 0 Å². The summed E-state index contributed by atoms with van der Waals surface area (Å²) in [5.41, 5.74) is 3.11. The minimum atomic E-state index is -0.284. The molecule has 1 aromatic rings. The quantitative estimate of drug-likeness (QED) is 0.748. The minimum Gasteiger partial charge on any atom is -0.388 e. The van der Waals surface area contributed by atoms with Gasteiger partial charge in [0, 0.05) is 18.3 Å². The number of aryl methyl sites for hydroxylation is 2. The van der Waals surface area contributed by atoms with Crippen LogP contribution in [0, 0.1) is 19.8 Å². The zero-order valence-electron chi connectivity index (χ0n) is 8.41. The number of aliphatic hydroxyl groups excluding tert-OH is 1. The molecule has 0 amide bonds. The molecule has 0 spiro atoms. The second-order valence-electron chi connectivity index (χ2n) is 3.99. The first-order valence-corrected chi connectivity index (χ1v) is 4.79. The van der Waals surface area contributed by atoms with Crippen LogP contribution in [0.15, 0.2) is 0 Å². The minimum absolute atomic E-state index is 0.284. The Labute approximate surface area is 78.4 Å². The summed E-state index contributed by atoms with van der Waals surface area (Å²) in [6.07, 6.45) is 2.04. The molecular formula is C10H16N2O. The molecule has 0 aromatic carbocycles. The normalized spacial score (nSPS) is 19.1. The summed E-state index contributed by atoms with van der Waals surface area (Å²) in [5.74, 6) is 0.488. The number of aromatic nitrogens is 2. The Kier molecular flexibility index (Phi) is 1.91.